The Morgan fingerprint density at radius 2 is 1.84 bits per heavy atom. The molecule has 0 saturated carbocycles. The fraction of sp³-hybridized carbons (Fsp3) is 0.375. The van der Waals surface area contributed by atoms with Gasteiger partial charge in [-0.2, -0.15) is 0 Å². The van der Waals surface area contributed by atoms with Gasteiger partial charge in [0, 0.05) is 18.7 Å². The molecule has 0 radical (unpaired) electrons. The molecule has 3 heteroatoms. The van der Waals surface area contributed by atoms with Crippen LogP contribution in [0.1, 0.15) is 34.3 Å². The molecule has 0 aliphatic carbocycles. The predicted octanol–water partition coefficient (Wildman–Crippen LogP) is 3.03. The van der Waals surface area contributed by atoms with Crippen molar-refractivity contribution in [3.63, 3.8) is 0 Å². The van der Waals surface area contributed by atoms with Crippen LogP contribution in [0.4, 0.5) is 0 Å². The molecule has 2 aromatic rings. The summed E-state index contributed by atoms with van der Waals surface area (Å²) in [5.74, 6) is 1.86. The minimum Gasteiger partial charge on any atom is -0.466 e. The van der Waals surface area contributed by atoms with Crippen LogP contribution < -0.4 is 5.32 Å². The summed E-state index contributed by atoms with van der Waals surface area (Å²) in [6.45, 7) is 7.19. The summed E-state index contributed by atoms with van der Waals surface area (Å²) in [5, 5.41) is 13.3. The molecular formula is C16H21NO2. The summed E-state index contributed by atoms with van der Waals surface area (Å²) in [6.07, 6.45) is -0.478. The SMILES string of the molecule is Cc1ccc(C(O)CNCc2cc(C)oc2C)cc1. The second kappa shape index (κ2) is 6.04. The lowest BCUT2D eigenvalue weighted by Gasteiger charge is -2.12. The predicted molar refractivity (Wildman–Crippen MR) is 76.0 cm³/mol. The highest BCUT2D eigenvalue weighted by atomic mass is 16.3. The minimum absolute atomic E-state index is 0.478. The lowest BCUT2D eigenvalue weighted by atomic mass is 10.1. The standard InChI is InChI=1S/C16H21NO2/c1-11-4-6-14(7-5-11)16(18)10-17-9-15-8-12(2)19-13(15)3/h4-8,16-18H,9-10H2,1-3H3. The molecule has 1 aromatic heterocycles. The van der Waals surface area contributed by atoms with Crippen LogP contribution in [0.5, 0.6) is 0 Å². The van der Waals surface area contributed by atoms with Crippen molar-refractivity contribution < 1.29 is 9.52 Å². The van der Waals surface area contributed by atoms with E-state index < -0.39 is 6.10 Å². The van der Waals surface area contributed by atoms with E-state index in [0.717, 1.165) is 22.6 Å². The number of aliphatic hydroxyl groups excluding tert-OH is 1. The van der Waals surface area contributed by atoms with E-state index in [1.165, 1.54) is 5.56 Å². The molecule has 1 aromatic carbocycles. The van der Waals surface area contributed by atoms with E-state index in [-0.39, 0.29) is 0 Å². The number of nitrogens with one attached hydrogen (secondary N) is 1. The van der Waals surface area contributed by atoms with E-state index in [0.29, 0.717) is 13.1 Å². The Morgan fingerprint density at radius 1 is 1.16 bits per heavy atom. The molecule has 2 rings (SSSR count). The van der Waals surface area contributed by atoms with Gasteiger partial charge in [0.25, 0.3) is 0 Å². The van der Waals surface area contributed by atoms with Crippen LogP contribution in [0.2, 0.25) is 0 Å². The van der Waals surface area contributed by atoms with Crippen molar-refractivity contribution in [3.8, 4) is 0 Å². The number of aryl methyl sites for hydroxylation is 3. The summed E-state index contributed by atoms with van der Waals surface area (Å²) in [5.41, 5.74) is 3.29. The van der Waals surface area contributed by atoms with E-state index >= 15 is 0 Å². The highest BCUT2D eigenvalue weighted by Gasteiger charge is 2.08. The van der Waals surface area contributed by atoms with Gasteiger partial charge in [-0.15, -0.1) is 0 Å². The second-order valence-electron chi connectivity index (χ2n) is 5.00. The summed E-state index contributed by atoms with van der Waals surface area (Å²) in [6, 6.07) is 9.99. The highest BCUT2D eigenvalue weighted by Crippen LogP contribution is 2.15. The first-order chi connectivity index (χ1) is 9.06. The minimum atomic E-state index is -0.478. The summed E-state index contributed by atoms with van der Waals surface area (Å²) in [4.78, 5) is 0. The van der Waals surface area contributed by atoms with Gasteiger partial charge < -0.3 is 14.8 Å². The molecule has 0 fully saturated rings. The molecule has 1 atom stereocenters. The number of hydrogen-bond donors (Lipinski definition) is 2. The van der Waals surface area contributed by atoms with E-state index in [1.807, 2.05) is 51.1 Å². The molecule has 0 bridgehead atoms. The van der Waals surface area contributed by atoms with E-state index in [2.05, 4.69) is 5.32 Å². The third-order valence-electron chi connectivity index (χ3n) is 3.26. The van der Waals surface area contributed by atoms with Gasteiger partial charge >= 0.3 is 0 Å². The maximum atomic E-state index is 10.1. The average molecular weight is 259 g/mol. The Morgan fingerprint density at radius 3 is 2.42 bits per heavy atom. The first kappa shape index (κ1) is 13.8. The van der Waals surface area contributed by atoms with E-state index in [9.17, 15) is 5.11 Å². The van der Waals surface area contributed by atoms with Crippen molar-refractivity contribution in [1.82, 2.24) is 5.32 Å². The molecule has 2 N–H and O–H groups in total. The molecule has 3 nitrogen and oxygen atoms in total. The highest BCUT2D eigenvalue weighted by molar-refractivity contribution is 5.23. The Bertz CT molecular complexity index is 528. The average Bonchev–Trinajstić information content (AvgIpc) is 2.68. The molecule has 19 heavy (non-hydrogen) atoms. The molecule has 102 valence electrons. The van der Waals surface area contributed by atoms with Crippen LogP contribution in [-0.4, -0.2) is 11.7 Å². The van der Waals surface area contributed by atoms with E-state index in [4.69, 9.17) is 4.42 Å². The fourth-order valence-corrected chi connectivity index (χ4v) is 2.11. The van der Waals surface area contributed by atoms with Crippen LogP contribution in [0.25, 0.3) is 0 Å². The van der Waals surface area contributed by atoms with E-state index in [1.54, 1.807) is 0 Å². The van der Waals surface area contributed by atoms with Gasteiger partial charge in [0.2, 0.25) is 0 Å². The van der Waals surface area contributed by atoms with Crippen molar-refractivity contribution in [3.05, 3.63) is 58.5 Å². The molecule has 1 unspecified atom stereocenters. The number of furan rings is 1. The maximum absolute atomic E-state index is 10.1. The topological polar surface area (TPSA) is 45.4 Å². The van der Waals surface area contributed by atoms with Crippen LogP contribution in [0.15, 0.2) is 34.7 Å². The first-order valence-electron chi connectivity index (χ1n) is 6.57. The van der Waals surface area contributed by atoms with Crippen LogP contribution in [-0.2, 0) is 6.54 Å². The van der Waals surface area contributed by atoms with Gasteiger partial charge in [-0.25, -0.2) is 0 Å². The largest absolute Gasteiger partial charge is 0.466 e. The van der Waals surface area contributed by atoms with Crippen molar-refractivity contribution in [2.24, 2.45) is 0 Å². The third kappa shape index (κ3) is 3.69. The van der Waals surface area contributed by atoms with Crippen molar-refractivity contribution in [2.45, 2.75) is 33.4 Å². The molecular weight excluding hydrogens is 238 g/mol. The van der Waals surface area contributed by atoms with Gasteiger partial charge in [-0.05, 0) is 32.4 Å². The maximum Gasteiger partial charge on any atom is 0.105 e. The smallest absolute Gasteiger partial charge is 0.105 e. The van der Waals surface area contributed by atoms with Gasteiger partial charge in [0.15, 0.2) is 0 Å². The quantitative estimate of drug-likeness (QED) is 0.867. The van der Waals surface area contributed by atoms with Crippen LogP contribution in [0.3, 0.4) is 0 Å². The lowest BCUT2D eigenvalue weighted by Crippen LogP contribution is -2.21. The Kier molecular flexibility index (Phi) is 4.40. The Hall–Kier alpha value is -1.58. The molecule has 0 saturated heterocycles. The zero-order valence-corrected chi connectivity index (χ0v) is 11.7. The van der Waals surface area contributed by atoms with Crippen LogP contribution in [0, 0.1) is 20.8 Å². The molecule has 0 spiro atoms. The van der Waals surface area contributed by atoms with Gasteiger partial charge in [-0.1, -0.05) is 29.8 Å². The second-order valence-corrected chi connectivity index (χ2v) is 5.00. The zero-order valence-electron chi connectivity index (χ0n) is 11.7. The number of benzene rings is 1. The molecule has 0 amide bonds. The Labute approximate surface area is 114 Å². The molecule has 1 heterocycles. The van der Waals surface area contributed by atoms with Crippen molar-refractivity contribution in [1.29, 1.82) is 0 Å². The van der Waals surface area contributed by atoms with Crippen molar-refractivity contribution >= 4 is 0 Å². The molecule has 0 aliphatic heterocycles. The summed E-state index contributed by atoms with van der Waals surface area (Å²) in [7, 11) is 0. The summed E-state index contributed by atoms with van der Waals surface area (Å²) < 4.78 is 5.47. The number of hydrogen-bond acceptors (Lipinski definition) is 3. The first-order valence-corrected chi connectivity index (χ1v) is 6.57. The van der Waals surface area contributed by atoms with Gasteiger partial charge in [-0.3, -0.25) is 0 Å². The zero-order chi connectivity index (χ0) is 13.8. The molecule has 0 aliphatic rings. The van der Waals surface area contributed by atoms with Gasteiger partial charge in [0.1, 0.15) is 11.5 Å². The third-order valence-corrected chi connectivity index (χ3v) is 3.26. The number of rotatable bonds is 5. The normalized spacial score (nSPS) is 12.6. The lowest BCUT2D eigenvalue weighted by molar-refractivity contribution is 0.174. The number of aliphatic hydroxyl groups is 1. The fourth-order valence-electron chi connectivity index (χ4n) is 2.11. The Balaban J connectivity index is 1.85. The summed E-state index contributed by atoms with van der Waals surface area (Å²) >= 11 is 0. The van der Waals surface area contributed by atoms with Crippen LogP contribution >= 0.6 is 0 Å². The monoisotopic (exact) mass is 259 g/mol. The van der Waals surface area contributed by atoms with Gasteiger partial charge in [0.05, 0.1) is 6.10 Å². The van der Waals surface area contributed by atoms with Crippen molar-refractivity contribution in [2.75, 3.05) is 6.54 Å².